The Hall–Kier alpha value is -0.107. The van der Waals surface area contributed by atoms with Crippen LogP contribution in [-0.2, 0) is 29.1 Å². The van der Waals surface area contributed by atoms with Crippen LogP contribution in [0.15, 0.2) is 0 Å². The number of hydrogen-bond acceptors (Lipinski definition) is 2. The fourth-order valence-electron chi connectivity index (χ4n) is 0.325. The molecule has 0 amide bonds. The molecule has 0 N–H and O–H groups in total. The first kappa shape index (κ1) is 11.7. The summed E-state index contributed by atoms with van der Waals surface area (Å²) in [5.74, 6) is -0.926. The van der Waals surface area contributed by atoms with E-state index in [9.17, 15) is 14.0 Å². The number of halogens is 1. The van der Waals surface area contributed by atoms with Gasteiger partial charge < -0.3 is 0 Å². The smallest absolute Gasteiger partial charge is 0.171 e. The van der Waals surface area contributed by atoms with Crippen molar-refractivity contribution in [3.05, 3.63) is 0 Å². The van der Waals surface area contributed by atoms with Gasteiger partial charge in [-0.1, -0.05) is 0 Å². The van der Waals surface area contributed by atoms with Crippen LogP contribution in [0.2, 0.25) is 0 Å². The maximum Gasteiger partial charge on any atom is 0.171 e. The minimum atomic E-state index is -1.03. The van der Waals surface area contributed by atoms with E-state index in [4.69, 9.17) is 0 Å². The molecular weight excluding hydrogens is 176 g/mol. The molecule has 0 saturated carbocycles. The first-order valence-corrected chi connectivity index (χ1v) is 2.24. The number of ketones is 2. The third kappa shape index (κ3) is 7.89. The van der Waals surface area contributed by atoms with E-state index in [0.717, 1.165) is 0 Å². The Kier molecular flexibility index (Phi) is 7.80. The summed E-state index contributed by atoms with van der Waals surface area (Å²) in [6.45, 7) is 0.229. The average Bonchev–Trinajstić information content (AvgIpc) is 1.65. The second kappa shape index (κ2) is 6.02. The molecule has 0 radical (unpaired) electrons. The predicted molar refractivity (Wildman–Crippen MR) is 26.3 cm³/mol. The standard InChI is InChI=1S/C5H7FO2.Zn/c1-4(7)2-5(8)3-6;/h2-3H2,1H3;. The molecule has 0 aromatic rings. The van der Waals surface area contributed by atoms with Gasteiger partial charge in [0, 0.05) is 19.5 Å². The molecule has 0 atom stereocenters. The summed E-state index contributed by atoms with van der Waals surface area (Å²) in [5.41, 5.74) is 0. The van der Waals surface area contributed by atoms with Gasteiger partial charge >= 0.3 is 0 Å². The van der Waals surface area contributed by atoms with Crippen molar-refractivity contribution in [3.63, 3.8) is 0 Å². The van der Waals surface area contributed by atoms with Crippen molar-refractivity contribution < 1.29 is 33.5 Å². The zero-order valence-electron chi connectivity index (χ0n) is 5.32. The summed E-state index contributed by atoms with van der Waals surface area (Å²) in [6.07, 6.45) is -0.267. The van der Waals surface area contributed by atoms with Crippen LogP contribution in [-0.4, -0.2) is 18.2 Å². The van der Waals surface area contributed by atoms with Crippen LogP contribution >= 0.6 is 0 Å². The second-order valence-electron chi connectivity index (χ2n) is 1.55. The second-order valence-corrected chi connectivity index (χ2v) is 1.55. The molecule has 0 fully saturated rings. The molecule has 4 heteroatoms. The molecule has 48 valence electrons. The van der Waals surface area contributed by atoms with Crippen molar-refractivity contribution >= 4 is 11.6 Å². The molecule has 2 nitrogen and oxygen atoms in total. The Bertz CT molecular complexity index is 114. The van der Waals surface area contributed by atoms with Gasteiger partial charge in [-0.3, -0.25) is 9.59 Å². The molecule has 0 heterocycles. The minimum Gasteiger partial charge on any atom is -0.300 e. The molecule has 0 aliphatic carbocycles. The van der Waals surface area contributed by atoms with Gasteiger partial charge in [-0.15, -0.1) is 0 Å². The van der Waals surface area contributed by atoms with Crippen LogP contribution in [0, 0.1) is 0 Å². The van der Waals surface area contributed by atoms with Crippen molar-refractivity contribution in [2.45, 2.75) is 13.3 Å². The van der Waals surface area contributed by atoms with Gasteiger partial charge in [0.15, 0.2) is 5.78 Å². The van der Waals surface area contributed by atoms with E-state index in [1.165, 1.54) is 6.92 Å². The van der Waals surface area contributed by atoms with Gasteiger partial charge in [0.05, 0.1) is 6.42 Å². The third-order valence-corrected chi connectivity index (χ3v) is 0.595. The number of carbonyl (C=O) groups excluding carboxylic acids is 2. The fraction of sp³-hybridized carbons (Fsp3) is 0.600. The van der Waals surface area contributed by atoms with Crippen LogP contribution in [0.1, 0.15) is 13.3 Å². The SMILES string of the molecule is CC(=O)CC(=O)CF.[Zn]. The Balaban J connectivity index is 0. The Morgan fingerprint density at radius 2 is 1.89 bits per heavy atom. The molecule has 0 aromatic heterocycles. The van der Waals surface area contributed by atoms with E-state index in [0.29, 0.717) is 0 Å². The molecule has 0 bridgehead atoms. The normalized spacial score (nSPS) is 7.78. The first-order chi connectivity index (χ1) is 3.66. The number of hydrogen-bond donors (Lipinski definition) is 0. The third-order valence-electron chi connectivity index (χ3n) is 0.595. The number of rotatable bonds is 3. The van der Waals surface area contributed by atoms with E-state index in [-0.39, 0.29) is 31.7 Å². The number of carbonyl (C=O) groups is 2. The zero-order valence-corrected chi connectivity index (χ0v) is 8.28. The molecule has 0 rings (SSSR count). The molecule has 0 aliphatic rings. The Morgan fingerprint density at radius 3 is 2.00 bits per heavy atom. The van der Waals surface area contributed by atoms with E-state index >= 15 is 0 Å². The Labute approximate surface area is 65.6 Å². The molecule has 0 unspecified atom stereocenters. The summed E-state index contributed by atoms with van der Waals surface area (Å²) < 4.78 is 11.2. The van der Waals surface area contributed by atoms with Gasteiger partial charge in [-0.2, -0.15) is 0 Å². The van der Waals surface area contributed by atoms with Crippen LogP contribution in [0.3, 0.4) is 0 Å². The van der Waals surface area contributed by atoms with Crippen molar-refractivity contribution in [1.29, 1.82) is 0 Å². The zero-order chi connectivity index (χ0) is 6.57. The quantitative estimate of drug-likeness (QED) is 0.472. The van der Waals surface area contributed by atoms with E-state index in [1.54, 1.807) is 0 Å². The van der Waals surface area contributed by atoms with Crippen molar-refractivity contribution in [1.82, 2.24) is 0 Å². The minimum absolute atomic E-state index is 0. The monoisotopic (exact) mass is 182 g/mol. The first-order valence-electron chi connectivity index (χ1n) is 2.24. The molecular formula is C5H7FO2Zn. The largest absolute Gasteiger partial charge is 0.300 e. The van der Waals surface area contributed by atoms with Crippen molar-refractivity contribution in [2.75, 3.05) is 6.67 Å². The van der Waals surface area contributed by atoms with E-state index < -0.39 is 12.5 Å². The van der Waals surface area contributed by atoms with Gasteiger partial charge in [0.25, 0.3) is 0 Å². The molecule has 9 heavy (non-hydrogen) atoms. The number of alkyl halides is 1. The van der Waals surface area contributed by atoms with Gasteiger partial charge in [0.1, 0.15) is 12.5 Å². The van der Waals surface area contributed by atoms with E-state index in [2.05, 4.69) is 0 Å². The van der Waals surface area contributed by atoms with Crippen molar-refractivity contribution in [2.24, 2.45) is 0 Å². The maximum absolute atomic E-state index is 11.2. The van der Waals surface area contributed by atoms with Crippen LogP contribution in [0.25, 0.3) is 0 Å². The molecule has 0 saturated heterocycles. The molecule has 0 aromatic carbocycles. The maximum atomic E-state index is 11.2. The van der Waals surface area contributed by atoms with Crippen LogP contribution in [0.4, 0.5) is 4.39 Å². The summed E-state index contributed by atoms with van der Waals surface area (Å²) in [4.78, 5) is 20.1. The summed E-state index contributed by atoms with van der Waals surface area (Å²) in [7, 11) is 0. The van der Waals surface area contributed by atoms with E-state index in [1.807, 2.05) is 0 Å². The van der Waals surface area contributed by atoms with Crippen LogP contribution < -0.4 is 0 Å². The predicted octanol–water partition coefficient (Wildman–Crippen LogP) is 0.502. The van der Waals surface area contributed by atoms with Crippen LogP contribution in [0.5, 0.6) is 0 Å². The summed E-state index contributed by atoms with van der Waals surface area (Å²) >= 11 is 0. The van der Waals surface area contributed by atoms with Crippen molar-refractivity contribution in [3.8, 4) is 0 Å². The fourth-order valence-corrected chi connectivity index (χ4v) is 0.325. The summed E-state index contributed by atoms with van der Waals surface area (Å²) in [5, 5.41) is 0. The Morgan fingerprint density at radius 1 is 1.44 bits per heavy atom. The molecule has 0 aliphatic heterocycles. The molecule has 0 spiro atoms. The average molecular weight is 183 g/mol. The number of Topliss-reactive ketones (excluding diaryl/α,β-unsaturated/α-hetero) is 2. The van der Waals surface area contributed by atoms with Gasteiger partial charge in [-0.25, -0.2) is 4.39 Å². The summed E-state index contributed by atoms with van der Waals surface area (Å²) in [6, 6.07) is 0. The van der Waals surface area contributed by atoms with Gasteiger partial charge in [-0.05, 0) is 6.92 Å². The topological polar surface area (TPSA) is 34.1 Å². The van der Waals surface area contributed by atoms with Gasteiger partial charge in [0.2, 0.25) is 0 Å².